The van der Waals surface area contributed by atoms with Crippen LogP contribution < -0.4 is 10.7 Å². The maximum absolute atomic E-state index is 12.2. The summed E-state index contributed by atoms with van der Waals surface area (Å²) in [5.74, 6) is -1.90. The molecule has 4 amide bonds. The second kappa shape index (κ2) is 5.20. The summed E-state index contributed by atoms with van der Waals surface area (Å²) in [6.07, 6.45) is -6.91. The van der Waals surface area contributed by atoms with Gasteiger partial charge in [-0.1, -0.05) is 0 Å². The lowest BCUT2D eigenvalue weighted by Crippen LogP contribution is -2.71. The Morgan fingerprint density at radius 3 is 2.52 bits per heavy atom. The molecule has 21 heavy (non-hydrogen) atoms. The number of nitrogens with zero attached hydrogens (tertiary/aromatic N) is 1. The summed E-state index contributed by atoms with van der Waals surface area (Å²) in [5.41, 5.74) is -0.470. The van der Waals surface area contributed by atoms with Crippen LogP contribution in [0.5, 0.6) is 0 Å². The van der Waals surface area contributed by atoms with Crippen LogP contribution in [0, 0.1) is 0 Å². The van der Waals surface area contributed by atoms with Crippen LogP contribution in [-0.2, 0) is 14.3 Å². The van der Waals surface area contributed by atoms with E-state index in [1.807, 2.05) is 10.7 Å². The van der Waals surface area contributed by atoms with Crippen molar-refractivity contribution in [3.8, 4) is 0 Å². The number of ether oxygens (including phenoxy) is 1. The molecule has 0 radical (unpaired) electrons. The summed E-state index contributed by atoms with van der Waals surface area (Å²) in [5, 5.41) is 40.7. The van der Waals surface area contributed by atoms with E-state index in [-0.39, 0.29) is 5.01 Å². The average Bonchev–Trinajstić information content (AvgIpc) is 2.65. The normalized spacial score (nSPS) is 39.6. The van der Waals surface area contributed by atoms with Gasteiger partial charge in [0.1, 0.15) is 24.4 Å². The Kier molecular flexibility index (Phi) is 3.86. The minimum absolute atomic E-state index is 0.282. The van der Waals surface area contributed by atoms with Gasteiger partial charge in [-0.3, -0.25) is 20.3 Å². The maximum atomic E-state index is 12.2. The van der Waals surface area contributed by atoms with E-state index in [2.05, 4.69) is 0 Å². The first-order chi connectivity index (χ1) is 9.74. The van der Waals surface area contributed by atoms with Crippen LogP contribution in [0.4, 0.5) is 4.79 Å². The Bertz CT molecular complexity index is 483. The first-order valence-electron chi connectivity index (χ1n) is 6.01. The number of hydrazine groups is 1. The zero-order valence-electron chi connectivity index (χ0n) is 10.9. The van der Waals surface area contributed by atoms with E-state index in [0.29, 0.717) is 0 Å². The van der Waals surface area contributed by atoms with Gasteiger partial charge in [0.25, 0.3) is 5.72 Å². The third-order valence-corrected chi connectivity index (χ3v) is 3.27. The van der Waals surface area contributed by atoms with Crippen LogP contribution in [0.15, 0.2) is 0 Å². The van der Waals surface area contributed by atoms with E-state index >= 15 is 0 Å². The predicted octanol–water partition coefficient (Wildman–Crippen LogP) is -4.24. The Balaban J connectivity index is 2.35. The van der Waals surface area contributed by atoms with Gasteiger partial charge in [-0.25, -0.2) is 4.79 Å². The minimum atomic E-state index is -2.40. The highest BCUT2D eigenvalue weighted by molar-refractivity contribution is 6.07. The van der Waals surface area contributed by atoms with E-state index in [1.165, 1.54) is 0 Å². The van der Waals surface area contributed by atoms with E-state index in [9.17, 15) is 29.7 Å². The minimum Gasteiger partial charge on any atom is -0.394 e. The number of amides is 4. The molecule has 0 aromatic heterocycles. The van der Waals surface area contributed by atoms with Crippen molar-refractivity contribution in [2.75, 3.05) is 6.61 Å². The molecule has 2 saturated heterocycles. The first-order valence-corrected chi connectivity index (χ1v) is 6.01. The lowest BCUT2D eigenvalue weighted by Gasteiger charge is -2.44. The fraction of sp³-hybridized carbons (Fsp3) is 0.700. The van der Waals surface area contributed by atoms with Gasteiger partial charge in [-0.2, -0.15) is 5.01 Å². The molecule has 5 atom stereocenters. The number of aliphatic hydroxyl groups is 4. The van der Waals surface area contributed by atoms with E-state index in [0.717, 1.165) is 6.92 Å². The molecule has 0 bridgehead atoms. The van der Waals surface area contributed by atoms with Crippen molar-refractivity contribution >= 4 is 17.8 Å². The SMILES string of the molecule is CC(=O)NN1C(=O)N[C@]2(O[C@H](CO)[C@@H](O)[C@H](O)[C@H]2O)C1=O. The van der Waals surface area contributed by atoms with Crippen molar-refractivity contribution < 1.29 is 39.5 Å². The van der Waals surface area contributed by atoms with Gasteiger partial charge >= 0.3 is 11.9 Å². The Morgan fingerprint density at radius 2 is 2.00 bits per heavy atom. The average molecular weight is 305 g/mol. The molecule has 6 N–H and O–H groups in total. The molecular weight excluding hydrogens is 290 g/mol. The molecule has 0 aliphatic carbocycles. The van der Waals surface area contributed by atoms with Crippen molar-refractivity contribution in [3.05, 3.63) is 0 Å². The molecular formula is C10H15N3O8. The number of urea groups is 1. The number of carbonyl (C=O) groups is 3. The number of rotatable bonds is 2. The second-order valence-corrected chi connectivity index (χ2v) is 4.74. The molecule has 118 valence electrons. The summed E-state index contributed by atoms with van der Waals surface area (Å²) in [7, 11) is 0. The van der Waals surface area contributed by atoms with Gasteiger partial charge in [0.05, 0.1) is 6.61 Å². The van der Waals surface area contributed by atoms with Crippen molar-refractivity contribution in [2.45, 2.75) is 37.1 Å². The maximum Gasteiger partial charge on any atom is 0.346 e. The number of hydrogen-bond acceptors (Lipinski definition) is 8. The second-order valence-electron chi connectivity index (χ2n) is 4.74. The molecule has 2 heterocycles. The van der Waals surface area contributed by atoms with E-state index < -0.39 is 54.6 Å². The highest BCUT2D eigenvalue weighted by atomic mass is 16.6. The Labute approximate surface area is 118 Å². The lowest BCUT2D eigenvalue weighted by atomic mass is 9.90. The van der Waals surface area contributed by atoms with Crippen molar-refractivity contribution in [2.24, 2.45) is 0 Å². The summed E-state index contributed by atoms with van der Waals surface area (Å²) < 4.78 is 5.09. The van der Waals surface area contributed by atoms with Crippen molar-refractivity contribution in [1.82, 2.24) is 15.8 Å². The molecule has 1 spiro atoms. The lowest BCUT2D eigenvalue weighted by molar-refractivity contribution is -0.269. The third kappa shape index (κ3) is 2.24. The van der Waals surface area contributed by atoms with Crippen molar-refractivity contribution in [3.63, 3.8) is 0 Å². The quantitative estimate of drug-likeness (QED) is 0.279. The summed E-state index contributed by atoms with van der Waals surface area (Å²) in [6.45, 7) is 0.287. The van der Waals surface area contributed by atoms with Crippen LogP contribution in [0.1, 0.15) is 6.92 Å². The molecule has 2 aliphatic rings. The number of hydrogen-bond donors (Lipinski definition) is 6. The van der Waals surface area contributed by atoms with Gasteiger partial charge in [0, 0.05) is 6.92 Å². The molecule has 0 saturated carbocycles. The molecule has 0 unspecified atom stereocenters. The standard InChI is InChI=1S/C10H15N3O8/c1-3(15)12-13-8(19)10(11-9(13)20)7(18)6(17)5(16)4(2-14)21-10/h4-7,14,16-18H,2H2,1H3,(H,11,20)(H,12,15)/t4-,5-,6+,7-,10-/m1/s1. The zero-order valence-corrected chi connectivity index (χ0v) is 10.9. The van der Waals surface area contributed by atoms with Gasteiger partial charge < -0.3 is 25.2 Å². The molecule has 0 aromatic carbocycles. The highest BCUT2D eigenvalue weighted by Crippen LogP contribution is 2.32. The summed E-state index contributed by atoms with van der Waals surface area (Å²) in [4.78, 5) is 34.9. The number of imide groups is 1. The predicted molar refractivity (Wildman–Crippen MR) is 61.9 cm³/mol. The van der Waals surface area contributed by atoms with E-state index in [1.54, 1.807) is 0 Å². The van der Waals surface area contributed by atoms with Crippen LogP contribution in [0.3, 0.4) is 0 Å². The molecule has 2 rings (SSSR count). The third-order valence-electron chi connectivity index (χ3n) is 3.27. The molecule has 2 aliphatic heterocycles. The van der Waals surface area contributed by atoms with Crippen LogP contribution in [-0.4, -0.2) is 80.0 Å². The Morgan fingerprint density at radius 1 is 1.38 bits per heavy atom. The zero-order chi connectivity index (χ0) is 15.9. The van der Waals surface area contributed by atoms with Gasteiger partial charge in [-0.15, -0.1) is 0 Å². The monoisotopic (exact) mass is 305 g/mol. The summed E-state index contributed by atoms with van der Waals surface area (Å²) >= 11 is 0. The largest absolute Gasteiger partial charge is 0.394 e. The van der Waals surface area contributed by atoms with E-state index in [4.69, 9.17) is 9.84 Å². The topological polar surface area (TPSA) is 169 Å². The Hall–Kier alpha value is -1.79. The number of nitrogens with one attached hydrogen (secondary N) is 2. The van der Waals surface area contributed by atoms with Gasteiger partial charge in [0.2, 0.25) is 5.91 Å². The fourth-order valence-electron chi connectivity index (χ4n) is 2.24. The number of aliphatic hydroxyl groups excluding tert-OH is 4. The van der Waals surface area contributed by atoms with Gasteiger partial charge in [0.15, 0.2) is 0 Å². The molecule has 11 nitrogen and oxygen atoms in total. The molecule has 0 aromatic rings. The van der Waals surface area contributed by atoms with Crippen LogP contribution >= 0.6 is 0 Å². The smallest absolute Gasteiger partial charge is 0.346 e. The fourth-order valence-corrected chi connectivity index (χ4v) is 2.24. The molecule has 11 heteroatoms. The molecule has 2 fully saturated rings. The van der Waals surface area contributed by atoms with Crippen LogP contribution in [0.2, 0.25) is 0 Å². The van der Waals surface area contributed by atoms with Crippen molar-refractivity contribution in [1.29, 1.82) is 0 Å². The first kappa shape index (κ1) is 15.6. The number of carbonyl (C=O) groups excluding carboxylic acids is 3. The highest BCUT2D eigenvalue weighted by Gasteiger charge is 2.65. The van der Waals surface area contributed by atoms with Crippen LogP contribution in [0.25, 0.3) is 0 Å². The van der Waals surface area contributed by atoms with Gasteiger partial charge in [-0.05, 0) is 0 Å². The summed E-state index contributed by atoms with van der Waals surface area (Å²) in [6, 6.07) is -1.09.